The molecule has 1 aromatic heterocycles. The van der Waals surface area contributed by atoms with Crippen LogP contribution in [0.15, 0.2) is 17.3 Å². The molecule has 1 N–H and O–H groups in total. The second-order valence-electron chi connectivity index (χ2n) is 6.13. The van der Waals surface area contributed by atoms with Crippen LogP contribution in [0.4, 0.5) is 0 Å². The summed E-state index contributed by atoms with van der Waals surface area (Å²) in [5.74, 6) is 0. The molecule has 0 amide bonds. The SMILES string of the molecule is Cc1c(C)c(C)c(S(=O)(=O)NCCCn2cc(Cl)cn2)c(C)c1C. The van der Waals surface area contributed by atoms with Crippen molar-refractivity contribution in [2.24, 2.45) is 0 Å². The minimum absolute atomic E-state index is 0.352. The second kappa shape index (κ2) is 7.25. The van der Waals surface area contributed by atoms with Crippen LogP contribution in [-0.2, 0) is 16.6 Å². The molecular weight excluding hydrogens is 346 g/mol. The minimum Gasteiger partial charge on any atom is -0.271 e. The van der Waals surface area contributed by atoms with Crippen LogP contribution in [0, 0.1) is 34.6 Å². The second-order valence-corrected chi connectivity index (χ2v) is 8.27. The molecule has 0 radical (unpaired) electrons. The number of hydrogen-bond donors (Lipinski definition) is 1. The zero-order valence-corrected chi connectivity index (χ0v) is 16.3. The van der Waals surface area contributed by atoms with Gasteiger partial charge in [0.25, 0.3) is 0 Å². The van der Waals surface area contributed by atoms with E-state index < -0.39 is 10.0 Å². The fraction of sp³-hybridized carbons (Fsp3) is 0.471. The number of halogens is 1. The summed E-state index contributed by atoms with van der Waals surface area (Å²) in [5.41, 5.74) is 4.86. The van der Waals surface area contributed by atoms with E-state index in [1.54, 1.807) is 17.1 Å². The van der Waals surface area contributed by atoms with Crippen LogP contribution in [0.2, 0.25) is 5.02 Å². The molecule has 0 saturated heterocycles. The molecule has 0 aliphatic carbocycles. The average molecular weight is 370 g/mol. The lowest BCUT2D eigenvalue weighted by Crippen LogP contribution is -2.27. The smallest absolute Gasteiger partial charge is 0.241 e. The topological polar surface area (TPSA) is 64.0 Å². The van der Waals surface area contributed by atoms with E-state index in [4.69, 9.17) is 11.6 Å². The molecule has 0 spiro atoms. The highest BCUT2D eigenvalue weighted by Crippen LogP contribution is 2.29. The molecule has 0 fully saturated rings. The largest absolute Gasteiger partial charge is 0.271 e. The minimum atomic E-state index is -3.54. The summed E-state index contributed by atoms with van der Waals surface area (Å²) in [4.78, 5) is 0.408. The molecule has 0 saturated carbocycles. The fourth-order valence-electron chi connectivity index (χ4n) is 2.85. The Hall–Kier alpha value is -1.37. The number of benzene rings is 1. The van der Waals surface area contributed by atoms with Gasteiger partial charge in [0.15, 0.2) is 0 Å². The highest BCUT2D eigenvalue weighted by Gasteiger charge is 2.23. The van der Waals surface area contributed by atoms with Crippen molar-refractivity contribution in [2.75, 3.05) is 6.54 Å². The molecule has 0 unspecified atom stereocenters. The van der Waals surface area contributed by atoms with Gasteiger partial charge in [0, 0.05) is 19.3 Å². The zero-order valence-electron chi connectivity index (χ0n) is 14.8. The van der Waals surface area contributed by atoms with Crippen molar-refractivity contribution >= 4 is 21.6 Å². The Balaban J connectivity index is 2.13. The standard InChI is InChI=1S/C17H24ClN3O2S/c1-11-12(2)14(4)17(15(5)13(11)3)24(22,23)20-7-6-8-21-10-16(18)9-19-21/h9-10,20H,6-8H2,1-5H3. The van der Waals surface area contributed by atoms with Crippen molar-refractivity contribution in [1.29, 1.82) is 0 Å². The molecule has 0 aliphatic rings. The molecule has 1 heterocycles. The number of hydrogen-bond acceptors (Lipinski definition) is 3. The Kier molecular flexibility index (Phi) is 5.73. The number of rotatable bonds is 6. The molecule has 24 heavy (non-hydrogen) atoms. The van der Waals surface area contributed by atoms with Gasteiger partial charge in [-0.1, -0.05) is 11.6 Å². The number of nitrogens with one attached hydrogen (secondary N) is 1. The first-order valence-corrected chi connectivity index (χ1v) is 9.76. The van der Waals surface area contributed by atoms with E-state index >= 15 is 0 Å². The number of aryl methyl sites for hydroxylation is 1. The lowest BCUT2D eigenvalue weighted by atomic mass is 9.95. The van der Waals surface area contributed by atoms with E-state index in [-0.39, 0.29) is 0 Å². The fourth-order valence-corrected chi connectivity index (χ4v) is 4.68. The van der Waals surface area contributed by atoms with Gasteiger partial charge in [-0.15, -0.1) is 0 Å². The summed E-state index contributed by atoms with van der Waals surface area (Å²) in [7, 11) is -3.54. The van der Waals surface area contributed by atoms with Gasteiger partial charge in [-0.2, -0.15) is 5.10 Å². The monoisotopic (exact) mass is 369 g/mol. The predicted octanol–water partition coefficient (Wildman–Crippen LogP) is 3.45. The lowest BCUT2D eigenvalue weighted by molar-refractivity contribution is 0.552. The maximum absolute atomic E-state index is 12.8. The molecule has 0 atom stereocenters. The first-order chi connectivity index (χ1) is 11.1. The quantitative estimate of drug-likeness (QED) is 0.793. The lowest BCUT2D eigenvalue weighted by Gasteiger charge is -2.19. The average Bonchev–Trinajstić information content (AvgIpc) is 2.93. The molecule has 0 aliphatic heterocycles. The van der Waals surface area contributed by atoms with E-state index in [0.717, 1.165) is 27.8 Å². The Morgan fingerprint density at radius 3 is 2.08 bits per heavy atom. The van der Waals surface area contributed by atoms with Crippen LogP contribution in [0.1, 0.15) is 34.2 Å². The van der Waals surface area contributed by atoms with Crippen LogP contribution < -0.4 is 4.72 Å². The van der Waals surface area contributed by atoms with Gasteiger partial charge in [0.1, 0.15) is 0 Å². The van der Waals surface area contributed by atoms with Crippen LogP contribution in [0.5, 0.6) is 0 Å². The summed E-state index contributed by atoms with van der Waals surface area (Å²) < 4.78 is 29.9. The zero-order chi connectivity index (χ0) is 18.1. The van der Waals surface area contributed by atoms with E-state index in [1.165, 1.54) is 0 Å². The summed E-state index contributed by atoms with van der Waals surface area (Å²) in [6, 6.07) is 0. The summed E-state index contributed by atoms with van der Waals surface area (Å²) in [5, 5.41) is 4.65. The molecule has 2 rings (SSSR count). The van der Waals surface area contributed by atoms with Gasteiger partial charge in [0.05, 0.1) is 16.1 Å². The molecule has 7 heteroatoms. The molecular formula is C17H24ClN3O2S. The first kappa shape index (κ1) is 19.0. The van der Waals surface area contributed by atoms with Gasteiger partial charge in [0.2, 0.25) is 10.0 Å². The van der Waals surface area contributed by atoms with E-state index in [9.17, 15) is 8.42 Å². The Morgan fingerprint density at radius 1 is 1.04 bits per heavy atom. The van der Waals surface area contributed by atoms with Gasteiger partial charge in [-0.25, -0.2) is 13.1 Å². The molecule has 0 bridgehead atoms. The highest BCUT2D eigenvalue weighted by atomic mass is 35.5. The number of aromatic nitrogens is 2. The van der Waals surface area contributed by atoms with Crippen molar-refractivity contribution in [3.63, 3.8) is 0 Å². The summed E-state index contributed by atoms with van der Waals surface area (Å²) in [6.45, 7) is 10.7. The molecule has 132 valence electrons. The van der Waals surface area contributed by atoms with Gasteiger partial charge >= 0.3 is 0 Å². The van der Waals surface area contributed by atoms with Gasteiger partial charge < -0.3 is 0 Å². The van der Waals surface area contributed by atoms with E-state index in [1.807, 2.05) is 34.6 Å². The molecule has 5 nitrogen and oxygen atoms in total. The maximum atomic E-state index is 12.8. The van der Waals surface area contributed by atoms with Crippen molar-refractivity contribution in [3.05, 3.63) is 45.2 Å². The Labute approximate surface area is 149 Å². The Morgan fingerprint density at radius 2 is 1.58 bits per heavy atom. The predicted molar refractivity (Wildman–Crippen MR) is 97.2 cm³/mol. The molecule has 2 aromatic rings. The third-order valence-electron chi connectivity index (χ3n) is 4.66. The third kappa shape index (κ3) is 3.82. The van der Waals surface area contributed by atoms with Gasteiger partial charge in [-0.05, 0) is 68.9 Å². The van der Waals surface area contributed by atoms with Crippen LogP contribution >= 0.6 is 11.6 Å². The van der Waals surface area contributed by atoms with Crippen molar-refractivity contribution in [3.8, 4) is 0 Å². The molecule has 1 aromatic carbocycles. The number of nitrogens with zero attached hydrogens (tertiary/aromatic N) is 2. The number of sulfonamides is 1. The Bertz CT molecular complexity index is 828. The first-order valence-electron chi connectivity index (χ1n) is 7.89. The van der Waals surface area contributed by atoms with Crippen molar-refractivity contribution in [1.82, 2.24) is 14.5 Å². The van der Waals surface area contributed by atoms with Crippen LogP contribution in [0.25, 0.3) is 0 Å². The summed E-state index contributed by atoms with van der Waals surface area (Å²) >= 11 is 5.81. The third-order valence-corrected chi connectivity index (χ3v) is 6.59. The van der Waals surface area contributed by atoms with Crippen molar-refractivity contribution in [2.45, 2.75) is 52.5 Å². The van der Waals surface area contributed by atoms with E-state index in [2.05, 4.69) is 9.82 Å². The highest BCUT2D eigenvalue weighted by molar-refractivity contribution is 7.89. The summed E-state index contributed by atoms with van der Waals surface area (Å²) in [6.07, 6.45) is 3.92. The van der Waals surface area contributed by atoms with Crippen LogP contribution in [0.3, 0.4) is 0 Å². The van der Waals surface area contributed by atoms with Crippen molar-refractivity contribution < 1.29 is 8.42 Å². The maximum Gasteiger partial charge on any atom is 0.241 e. The van der Waals surface area contributed by atoms with Gasteiger partial charge in [-0.3, -0.25) is 4.68 Å². The van der Waals surface area contributed by atoms with E-state index in [0.29, 0.717) is 29.4 Å². The van der Waals surface area contributed by atoms with Crippen LogP contribution in [-0.4, -0.2) is 24.7 Å². The normalized spacial score (nSPS) is 11.9.